The molecular weight excluding hydrogens is 318 g/mol. The molecule has 1 aliphatic heterocycles. The standard InChI is InChI=1S/C19H19N3O3/c1-11(2)9-22-10-21-19-17(18(22)20)16(14-4-3-7-24-14)13-6-5-12(23)8-15(13)25-19/h3-8,10-11,16,20,23H,9H2,1-2H3/t16-/m0/s1. The first-order valence-corrected chi connectivity index (χ1v) is 8.22. The fourth-order valence-electron chi connectivity index (χ4n) is 3.24. The van der Waals surface area contributed by atoms with E-state index in [1.807, 2.05) is 16.7 Å². The summed E-state index contributed by atoms with van der Waals surface area (Å²) >= 11 is 0. The van der Waals surface area contributed by atoms with E-state index in [4.69, 9.17) is 14.6 Å². The van der Waals surface area contributed by atoms with Crippen molar-refractivity contribution >= 4 is 0 Å². The molecule has 0 saturated carbocycles. The molecule has 6 nitrogen and oxygen atoms in total. The fourth-order valence-corrected chi connectivity index (χ4v) is 3.24. The maximum atomic E-state index is 9.79. The zero-order valence-corrected chi connectivity index (χ0v) is 14.1. The normalized spacial score (nSPS) is 15.6. The number of rotatable bonds is 3. The molecule has 0 saturated heterocycles. The summed E-state index contributed by atoms with van der Waals surface area (Å²) in [5.74, 6) is 1.84. The molecule has 6 heteroatoms. The molecule has 0 fully saturated rings. The molecule has 1 aromatic carbocycles. The lowest BCUT2D eigenvalue weighted by Gasteiger charge is -2.27. The minimum Gasteiger partial charge on any atom is -0.508 e. The fraction of sp³-hybridized carbons (Fsp3) is 0.263. The third-order valence-electron chi connectivity index (χ3n) is 4.28. The highest BCUT2D eigenvalue weighted by Crippen LogP contribution is 2.45. The summed E-state index contributed by atoms with van der Waals surface area (Å²) in [5.41, 5.74) is 1.88. The number of furan rings is 1. The number of benzene rings is 1. The first kappa shape index (κ1) is 15.5. The molecule has 0 spiro atoms. The van der Waals surface area contributed by atoms with Crippen LogP contribution in [0.5, 0.6) is 17.4 Å². The van der Waals surface area contributed by atoms with Crippen LogP contribution in [0.4, 0.5) is 0 Å². The highest BCUT2D eigenvalue weighted by Gasteiger charge is 2.33. The van der Waals surface area contributed by atoms with Gasteiger partial charge in [0.1, 0.15) is 29.1 Å². The molecule has 3 aromatic rings. The Balaban J connectivity index is 1.95. The summed E-state index contributed by atoms with van der Waals surface area (Å²) in [6.45, 7) is 4.90. The minimum atomic E-state index is -0.297. The number of aromatic nitrogens is 2. The van der Waals surface area contributed by atoms with E-state index < -0.39 is 0 Å². The van der Waals surface area contributed by atoms with E-state index in [1.165, 1.54) is 0 Å². The van der Waals surface area contributed by atoms with Crippen molar-refractivity contribution in [2.75, 3.05) is 0 Å². The number of hydrogen-bond acceptors (Lipinski definition) is 5. The Morgan fingerprint density at radius 1 is 1.32 bits per heavy atom. The van der Waals surface area contributed by atoms with Crippen molar-refractivity contribution in [1.82, 2.24) is 9.55 Å². The van der Waals surface area contributed by atoms with Crippen LogP contribution in [-0.2, 0) is 6.54 Å². The Morgan fingerprint density at radius 3 is 2.88 bits per heavy atom. The Morgan fingerprint density at radius 2 is 2.16 bits per heavy atom. The van der Waals surface area contributed by atoms with E-state index in [1.54, 1.807) is 30.8 Å². The molecule has 4 rings (SSSR count). The largest absolute Gasteiger partial charge is 0.508 e. The van der Waals surface area contributed by atoms with Gasteiger partial charge in [-0.25, -0.2) is 4.98 Å². The second-order valence-electron chi connectivity index (χ2n) is 6.63. The van der Waals surface area contributed by atoms with Gasteiger partial charge in [0.15, 0.2) is 0 Å². The third kappa shape index (κ3) is 2.59. The average Bonchev–Trinajstić information content (AvgIpc) is 3.09. The predicted molar refractivity (Wildman–Crippen MR) is 90.8 cm³/mol. The van der Waals surface area contributed by atoms with Crippen LogP contribution in [0.3, 0.4) is 0 Å². The molecule has 25 heavy (non-hydrogen) atoms. The van der Waals surface area contributed by atoms with Crippen LogP contribution in [0, 0.1) is 11.3 Å². The van der Waals surface area contributed by atoms with E-state index in [0.717, 1.165) is 5.56 Å². The smallest absolute Gasteiger partial charge is 0.228 e. The van der Waals surface area contributed by atoms with Crippen LogP contribution < -0.4 is 10.2 Å². The van der Waals surface area contributed by atoms with Crippen molar-refractivity contribution in [2.24, 2.45) is 5.92 Å². The summed E-state index contributed by atoms with van der Waals surface area (Å²) < 4.78 is 13.4. The van der Waals surface area contributed by atoms with Crippen LogP contribution in [0.2, 0.25) is 0 Å². The maximum absolute atomic E-state index is 9.79. The van der Waals surface area contributed by atoms with Gasteiger partial charge >= 0.3 is 0 Å². The van der Waals surface area contributed by atoms with Gasteiger partial charge in [0.05, 0.1) is 17.7 Å². The van der Waals surface area contributed by atoms with Crippen LogP contribution in [0.15, 0.2) is 47.3 Å². The maximum Gasteiger partial charge on any atom is 0.228 e. The second-order valence-corrected chi connectivity index (χ2v) is 6.63. The van der Waals surface area contributed by atoms with Gasteiger partial charge in [-0.3, -0.25) is 5.41 Å². The van der Waals surface area contributed by atoms with Gasteiger partial charge in [-0.2, -0.15) is 0 Å². The van der Waals surface area contributed by atoms with E-state index in [0.29, 0.717) is 40.9 Å². The van der Waals surface area contributed by atoms with E-state index in [-0.39, 0.29) is 11.7 Å². The number of aromatic hydroxyl groups is 1. The Labute approximate surface area is 144 Å². The van der Waals surface area contributed by atoms with Crippen LogP contribution in [0.1, 0.15) is 36.7 Å². The molecule has 2 aromatic heterocycles. The van der Waals surface area contributed by atoms with Gasteiger partial charge in [0, 0.05) is 18.2 Å². The van der Waals surface area contributed by atoms with Crippen molar-refractivity contribution in [3.8, 4) is 17.4 Å². The number of fused-ring (bicyclic) bond motifs is 2. The van der Waals surface area contributed by atoms with Crippen LogP contribution in [-0.4, -0.2) is 14.7 Å². The van der Waals surface area contributed by atoms with Crippen LogP contribution >= 0.6 is 0 Å². The number of nitrogens with one attached hydrogen (secondary N) is 1. The second kappa shape index (κ2) is 5.81. The first-order chi connectivity index (χ1) is 12.0. The highest BCUT2D eigenvalue weighted by molar-refractivity contribution is 5.55. The lowest BCUT2D eigenvalue weighted by Crippen LogP contribution is -2.30. The average molecular weight is 337 g/mol. The van der Waals surface area contributed by atoms with Crippen molar-refractivity contribution < 1.29 is 14.3 Å². The summed E-state index contributed by atoms with van der Waals surface area (Å²) in [7, 11) is 0. The molecule has 1 aliphatic rings. The quantitative estimate of drug-likeness (QED) is 0.598. The summed E-state index contributed by atoms with van der Waals surface area (Å²) in [5, 5.41) is 18.5. The van der Waals surface area contributed by atoms with Gasteiger partial charge in [-0.15, -0.1) is 0 Å². The van der Waals surface area contributed by atoms with Crippen molar-refractivity contribution in [3.05, 3.63) is 65.3 Å². The van der Waals surface area contributed by atoms with E-state index >= 15 is 0 Å². The predicted octanol–water partition coefficient (Wildman–Crippen LogP) is 3.60. The van der Waals surface area contributed by atoms with Gasteiger partial charge in [-0.1, -0.05) is 19.9 Å². The van der Waals surface area contributed by atoms with Crippen molar-refractivity contribution in [1.29, 1.82) is 5.41 Å². The summed E-state index contributed by atoms with van der Waals surface area (Å²) in [4.78, 5) is 4.42. The first-order valence-electron chi connectivity index (χ1n) is 8.22. The molecular formula is C19H19N3O3. The SMILES string of the molecule is CC(C)Cn1cnc2c(c1=N)[C@H](c1ccco1)c1ccc(O)cc1O2. The molecule has 2 N–H and O–H groups in total. The van der Waals surface area contributed by atoms with E-state index in [2.05, 4.69) is 18.8 Å². The molecule has 0 radical (unpaired) electrons. The van der Waals surface area contributed by atoms with Gasteiger partial charge in [0.2, 0.25) is 5.88 Å². The molecule has 0 amide bonds. The lowest BCUT2D eigenvalue weighted by molar-refractivity contribution is 0.395. The zero-order chi connectivity index (χ0) is 17.6. The van der Waals surface area contributed by atoms with Gasteiger partial charge in [0.25, 0.3) is 0 Å². The van der Waals surface area contributed by atoms with Crippen molar-refractivity contribution in [2.45, 2.75) is 26.3 Å². The van der Waals surface area contributed by atoms with Crippen molar-refractivity contribution in [3.63, 3.8) is 0 Å². The zero-order valence-electron chi connectivity index (χ0n) is 14.1. The Bertz CT molecular complexity index is 974. The summed E-state index contributed by atoms with van der Waals surface area (Å²) in [6.07, 6.45) is 3.25. The monoisotopic (exact) mass is 337 g/mol. The number of phenolic OH excluding ortho intramolecular Hbond substituents is 1. The number of nitrogens with zero attached hydrogens (tertiary/aromatic N) is 2. The number of phenols is 1. The molecule has 0 unspecified atom stereocenters. The molecule has 0 aliphatic carbocycles. The topological polar surface area (TPSA) is 84.3 Å². The van der Waals surface area contributed by atoms with Gasteiger partial charge < -0.3 is 18.8 Å². The number of hydrogen-bond donors (Lipinski definition) is 2. The van der Waals surface area contributed by atoms with Crippen LogP contribution in [0.25, 0.3) is 0 Å². The number of ether oxygens (including phenoxy) is 1. The molecule has 128 valence electrons. The van der Waals surface area contributed by atoms with E-state index in [9.17, 15) is 5.11 Å². The minimum absolute atomic E-state index is 0.122. The highest BCUT2D eigenvalue weighted by atomic mass is 16.5. The lowest BCUT2D eigenvalue weighted by atomic mass is 9.87. The summed E-state index contributed by atoms with van der Waals surface area (Å²) in [6, 6.07) is 8.70. The third-order valence-corrected chi connectivity index (χ3v) is 4.28. The molecule has 1 atom stereocenters. The molecule has 0 bridgehead atoms. The van der Waals surface area contributed by atoms with Gasteiger partial charge in [-0.05, 0) is 24.1 Å². The Kier molecular flexibility index (Phi) is 3.60. The Hall–Kier alpha value is -3.02. The molecule has 3 heterocycles.